The molecular weight excluding hydrogens is 254 g/mol. The molecule has 0 radical (unpaired) electrons. The Kier molecular flexibility index (Phi) is 5.56. The van der Waals surface area contributed by atoms with Crippen LogP contribution in [0, 0.1) is 0 Å². The van der Waals surface area contributed by atoms with Crippen molar-refractivity contribution >= 4 is 5.97 Å². The van der Waals surface area contributed by atoms with Gasteiger partial charge >= 0.3 is 5.97 Å². The molecule has 1 aromatic carbocycles. The third-order valence-corrected chi connectivity index (χ3v) is 3.50. The van der Waals surface area contributed by atoms with Gasteiger partial charge in [-0.2, -0.15) is 0 Å². The van der Waals surface area contributed by atoms with Crippen molar-refractivity contribution in [1.82, 2.24) is 5.32 Å². The molecule has 1 unspecified atom stereocenters. The van der Waals surface area contributed by atoms with Gasteiger partial charge in [-0.1, -0.05) is 24.3 Å². The van der Waals surface area contributed by atoms with Gasteiger partial charge in [0.15, 0.2) is 0 Å². The maximum atomic E-state index is 12.2. The van der Waals surface area contributed by atoms with Crippen LogP contribution < -0.4 is 5.32 Å². The van der Waals surface area contributed by atoms with Gasteiger partial charge in [-0.05, 0) is 36.8 Å². The largest absolute Gasteiger partial charge is 0.465 e. The van der Waals surface area contributed by atoms with Crippen molar-refractivity contribution in [2.45, 2.75) is 31.7 Å². The second-order valence-corrected chi connectivity index (χ2v) is 5.04. The minimum atomic E-state index is -0.401. The van der Waals surface area contributed by atoms with Crippen LogP contribution in [0.4, 0.5) is 0 Å². The van der Waals surface area contributed by atoms with E-state index in [1.807, 2.05) is 25.1 Å². The van der Waals surface area contributed by atoms with Crippen LogP contribution in [0.25, 0.3) is 0 Å². The second-order valence-electron chi connectivity index (χ2n) is 5.04. The highest BCUT2D eigenvalue weighted by atomic mass is 16.5. The normalized spacial score (nSPS) is 15.9. The molecule has 1 aromatic rings. The summed E-state index contributed by atoms with van der Waals surface area (Å²) in [5, 5.41) is 3.25. The Morgan fingerprint density at radius 1 is 1.40 bits per heavy atom. The fraction of sp³-hybridized carbons (Fsp3) is 0.562. The lowest BCUT2D eigenvalue weighted by molar-refractivity contribution is -0.145. The first-order valence-electron chi connectivity index (χ1n) is 7.25. The van der Waals surface area contributed by atoms with Gasteiger partial charge in [0, 0.05) is 13.7 Å². The number of benzene rings is 1. The first-order chi connectivity index (χ1) is 9.77. The van der Waals surface area contributed by atoms with Gasteiger partial charge in [0.05, 0.1) is 13.2 Å². The summed E-state index contributed by atoms with van der Waals surface area (Å²) in [4.78, 5) is 12.2. The number of esters is 1. The molecule has 0 saturated heterocycles. The number of hydrogen-bond donors (Lipinski definition) is 1. The van der Waals surface area contributed by atoms with Gasteiger partial charge in [0.1, 0.15) is 6.04 Å². The van der Waals surface area contributed by atoms with E-state index in [-0.39, 0.29) is 5.97 Å². The maximum absolute atomic E-state index is 12.2. The third-order valence-electron chi connectivity index (χ3n) is 3.50. The maximum Gasteiger partial charge on any atom is 0.327 e. The Labute approximate surface area is 120 Å². The van der Waals surface area contributed by atoms with Crippen LogP contribution in [0.3, 0.4) is 0 Å². The van der Waals surface area contributed by atoms with Crippen LogP contribution in [0.5, 0.6) is 0 Å². The number of hydrogen-bond acceptors (Lipinski definition) is 4. The summed E-state index contributed by atoms with van der Waals surface area (Å²) >= 11 is 0. The SMILES string of the molecule is CCOC(=O)C(NCCOC)c1ccccc1C1CC1. The van der Waals surface area contributed by atoms with Gasteiger partial charge in [-0.25, -0.2) is 4.79 Å². The number of nitrogens with one attached hydrogen (secondary N) is 1. The molecule has 0 aliphatic heterocycles. The highest BCUT2D eigenvalue weighted by Gasteiger charge is 2.31. The summed E-state index contributed by atoms with van der Waals surface area (Å²) in [7, 11) is 1.65. The van der Waals surface area contributed by atoms with Crippen molar-refractivity contribution in [1.29, 1.82) is 0 Å². The van der Waals surface area contributed by atoms with Crippen LogP contribution in [-0.4, -0.2) is 32.8 Å². The Morgan fingerprint density at radius 2 is 2.15 bits per heavy atom. The summed E-state index contributed by atoms with van der Waals surface area (Å²) < 4.78 is 10.2. The molecule has 1 atom stereocenters. The number of methoxy groups -OCH3 is 1. The zero-order chi connectivity index (χ0) is 14.4. The van der Waals surface area contributed by atoms with Gasteiger partial charge in [-0.15, -0.1) is 0 Å². The highest BCUT2D eigenvalue weighted by Crippen LogP contribution is 2.43. The standard InChI is InChI=1S/C16H23NO3/c1-3-20-16(18)15(17-10-11-19-2)14-7-5-4-6-13(14)12-8-9-12/h4-7,12,15,17H,3,8-11H2,1-2H3. The second kappa shape index (κ2) is 7.41. The fourth-order valence-corrected chi connectivity index (χ4v) is 2.39. The molecule has 1 fully saturated rings. The van der Waals surface area contributed by atoms with E-state index in [2.05, 4.69) is 11.4 Å². The van der Waals surface area contributed by atoms with E-state index in [9.17, 15) is 4.79 Å². The molecule has 0 bridgehead atoms. The van der Waals surface area contributed by atoms with E-state index in [4.69, 9.17) is 9.47 Å². The fourth-order valence-electron chi connectivity index (χ4n) is 2.39. The Morgan fingerprint density at radius 3 is 2.80 bits per heavy atom. The Balaban J connectivity index is 2.18. The number of ether oxygens (including phenoxy) is 2. The van der Waals surface area contributed by atoms with Crippen LogP contribution in [-0.2, 0) is 14.3 Å². The average Bonchev–Trinajstić information content (AvgIpc) is 3.28. The zero-order valence-electron chi connectivity index (χ0n) is 12.2. The van der Waals surface area contributed by atoms with Gasteiger partial charge in [-0.3, -0.25) is 5.32 Å². The molecule has 4 heteroatoms. The van der Waals surface area contributed by atoms with E-state index in [1.54, 1.807) is 7.11 Å². The van der Waals surface area contributed by atoms with Crippen molar-refractivity contribution in [3.05, 3.63) is 35.4 Å². The van der Waals surface area contributed by atoms with Crippen molar-refractivity contribution in [2.75, 3.05) is 26.9 Å². The van der Waals surface area contributed by atoms with Crippen molar-refractivity contribution < 1.29 is 14.3 Å². The van der Waals surface area contributed by atoms with Crippen molar-refractivity contribution in [2.24, 2.45) is 0 Å². The molecule has 1 aliphatic rings. The Hall–Kier alpha value is -1.39. The van der Waals surface area contributed by atoms with Gasteiger partial charge in [0.2, 0.25) is 0 Å². The molecule has 1 saturated carbocycles. The van der Waals surface area contributed by atoms with Gasteiger partial charge < -0.3 is 9.47 Å². The topological polar surface area (TPSA) is 47.6 Å². The molecule has 2 rings (SSSR count). The lowest BCUT2D eigenvalue weighted by Gasteiger charge is -2.20. The van der Waals surface area contributed by atoms with Crippen LogP contribution in [0.2, 0.25) is 0 Å². The predicted octanol–water partition coefficient (Wildman–Crippen LogP) is 2.40. The van der Waals surface area contributed by atoms with Crippen LogP contribution in [0.15, 0.2) is 24.3 Å². The number of carbonyl (C=O) groups excluding carboxylic acids is 1. The molecule has 0 heterocycles. The first-order valence-corrected chi connectivity index (χ1v) is 7.25. The van der Waals surface area contributed by atoms with Crippen molar-refractivity contribution in [3.63, 3.8) is 0 Å². The molecule has 1 aliphatic carbocycles. The molecule has 0 amide bonds. The number of rotatable bonds is 8. The Bertz CT molecular complexity index is 443. The van der Waals surface area contributed by atoms with E-state index < -0.39 is 6.04 Å². The third kappa shape index (κ3) is 3.81. The van der Waals surface area contributed by atoms with E-state index >= 15 is 0 Å². The molecule has 0 aromatic heterocycles. The molecule has 0 spiro atoms. The molecule has 1 N–H and O–H groups in total. The minimum Gasteiger partial charge on any atom is -0.465 e. The summed E-state index contributed by atoms with van der Waals surface area (Å²) in [5.74, 6) is 0.393. The van der Waals surface area contributed by atoms with E-state index in [0.29, 0.717) is 25.7 Å². The average molecular weight is 277 g/mol. The molecule has 20 heavy (non-hydrogen) atoms. The van der Waals surface area contributed by atoms with E-state index in [1.165, 1.54) is 18.4 Å². The smallest absolute Gasteiger partial charge is 0.327 e. The molecule has 110 valence electrons. The zero-order valence-corrected chi connectivity index (χ0v) is 12.2. The van der Waals surface area contributed by atoms with Crippen LogP contribution >= 0.6 is 0 Å². The lowest BCUT2D eigenvalue weighted by Crippen LogP contribution is -2.33. The first kappa shape index (κ1) is 15.0. The summed E-state index contributed by atoms with van der Waals surface area (Å²) in [6.45, 7) is 3.42. The number of carbonyl (C=O) groups is 1. The summed E-state index contributed by atoms with van der Waals surface area (Å²) in [6, 6.07) is 7.76. The van der Waals surface area contributed by atoms with Crippen LogP contribution in [0.1, 0.15) is 42.9 Å². The summed E-state index contributed by atoms with van der Waals surface area (Å²) in [5.41, 5.74) is 2.32. The lowest BCUT2D eigenvalue weighted by atomic mass is 9.97. The quantitative estimate of drug-likeness (QED) is 0.585. The van der Waals surface area contributed by atoms with E-state index in [0.717, 1.165) is 5.56 Å². The predicted molar refractivity (Wildman–Crippen MR) is 77.7 cm³/mol. The van der Waals surface area contributed by atoms with Gasteiger partial charge in [0.25, 0.3) is 0 Å². The summed E-state index contributed by atoms with van der Waals surface area (Å²) in [6.07, 6.45) is 2.43. The minimum absolute atomic E-state index is 0.211. The highest BCUT2D eigenvalue weighted by molar-refractivity contribution is 5.78. The molecule has 4 nitrogen and oxygen atoms in total. The molecular formula is C16H23NO3. The monoisotopic (exact) mass is 277 g/mol. The van der Waals surface area contributed by atoms with Crippen molar-refractivity contribution in [3.8, 4) is 0 Å².